The number of hydrogen-bond acceptors (Lipinski definition) is 3. The van der Waals surface area contributed by atoms with Gasteiger partial charge in [0, 0.05) is 49.0 Å². The largest absolute Gasteiger partial charge is 0.368 e. The second kappa shape index (κ2) is 5.92. The van der Waals surface area contributed by atoms with Crippen molar-refractivity contribution in [1.82, 2.24) is 10.2 Å². The number of rotatable bonds is 4. The van der Waals surface area contributed by atoms with Gasteiger partial charge in [0.2, 0.25) is 0 Å². The van der Waals surface area contributed by atoms with E-state index in [9.17, 15) is 0 Å². The number of nitrogens with one attached hydrogen (secondary N) is 1. The van der Waals surface area contributed by atoms with E-state index in [4.69, 9.17) is 11.6 Å². The van der Waals surface area contributed by atoms with Crippen molar-refractivity contribution in [2.75, 3.05) is 31.6 Å². The molecule has 3 nitrogen and oxygen atoms in total. The molecule has 1 atom stereocenters. The smallest absolute Gasteiger partial charge is 0.0427 e. The molecule has 1 aliphatic heterocycles. The van der Waals surface area contributed by atoms with E-state index in [1.54, 1.807) is 0 Å². The van der Waals surface area contributed by atoms with Crippen LogP contribution >= 0.6 is 11.6 Å². The van der Waals surface area contributed by atoms with E-state index in [0.717, 1.165) is 37.2 Å². The summed E-state index contributed by atoms with van der Waals surface area (Å²) in [6.07, 6.45) is 2.66. The zero-order valence-corrected chi connectivity index (χ0v) is 13.2. The maximum Gasteiger partial charge on any atom is 0.0427 e. The highest BCUT2D eigenvalue weighted by molar-refractivity contribution is 6.30. The molecule has 3 rings (SSSR count). The second-order valence-corrected chi connectivity index (χ2v) is 6.64. The van der Waals surface area contributed by atoms with E-state index in [1.165, 1.54) is 24.1 Å². The molecule has 1 N–H and O–H groups in total. The Labute approximate surface area is 126 Å². The maximum atomic E-state index is 6.22. The molecule has 1 aliphatic carbocycles. The van der Waals surface area contributed by atoms with Gasteiger partial charge in [-0.1, -0.05) is 17.7 Å². The van der Waals surface area contributed by atoms with Crippen molar-refractivity contribution in [2.45, 2.75) is 38.4 Å². The molecule has 1 saturated carbocycles. The third kappa shape index (κ3) is 3.27. The number of halogens is 1. The number of piperazine rings is 1. The van der Waals surface area contributed by atoms with Gasteiger partial charge < -0.3 is 15.1 Å². The van der Waals surface area contributed by atoms with Crippen LogP contribution in [0.5, 0.6) is 0 Å². The Morgan fingerprint density at radius 3 is 2.80 bits per heavy atom. The molecule has 1 aromatic carbocycles. The molecule has 1 aromatic rings. The lowest BCUT2D eigenvalue weighted by Crippen LogP contribution is -2.50. The van der Waals surface area contributed by atoms with Gasteiger partial charge >= 0.3 is 0 Å². The topological polar surface area (TPSA) is 18.5 Å². The number of benzene rings is 1. The van der Waals surface area contributed by atoms with Gasteiger partial charge in [-0.15, -0.1) is 0 Å². The van der Waals surface area contributed by atoms with Crippen LogP contribution in [-0.2, 0) is 6.54 Å². The van der Waals surface area contributed by atoms with Gasteiger partial charge in [0.05, 0.1) is 0 Å². The fourth-order valence-electron chi connectivity index (χ4n) is 2.79. The Kier molecular flexibility index (Phi) is 4.20. The van der Waals surface area contributed by atoms with Gasteiger partial charge in [-0.25, -0.2) is 0 Å². The minimum absolute atomic E-state index is 0.590. The molecule has 1 heterocycles. The van der Waals surface area contributed by atoms with Crippen LogP contribution in [0.15, 0.2) is 18.2 Å². The summed E-state index contributed by atoms with van der Waals surface area (Å²) in [5, 5.41) is 4.45. The maximum absolute atomic E-state index is 6.22. The monoisotopic (exact) mass is 293 g/mol. The lowest BCUT2D eigenvalue weighted by atomic mass is 10.1. The van der Waals surface area contributed by atoms with E-state index in [1.807, 2.05) is 6.07 Å². The normalized spacial score (nSPS) is 24.1. The van der Waals surface area contributed by atoms with Gasteiger partial charge in [0.15, 0.2) is 0 Å². The molecule has 110 valence electrons. The van der Waals surface area contributed by atoms with Crippen LogP contribution in [-0.4, -0.2) is 43.7 Å². The van der Waals surface area contributed by atoms with Crippen molar-refractivity contribution in [2.24, 2.45) is 0 Å². The van der Waals surface area contributed by atoms with Crippen LogP contribution in [0.3, 0.4) is 0 Å². The first kappa shape index (κ1) is 14.2. The summed E-state index contributed by atoms with van der Waals surface area (Å²) in [5.41, 5.74) is 2.68. The first-order valence-electron chi connectivity index (χ1n) is 7.60. The van der Waals surface area contributed by atoms with Crippen LogP contribution < -0.4 is 10.2 Å². The minimum atomic E-state index is 0.590. The van der Waals surface area contributed by atoms with Crippen molar-refractivity contribution < 1.29 is 0 Å². The van der Waals surface area contributed by atoms with Crippen LogP contribution in [0.25, 0.3) is 0 Å². The Bertz CT molecular complexity index is 473. The van der Waals surface area contributed by atoms with Gasteiger partial charge in [0.25, 0.3) is 0 Å². The standard InChI is InChI=1S/C16H24ClN3/c1-12-11-20(8-7-19(12)2)16-9-14(17)4-3-13(16)10-18-15-5-6-15/h3-4,9,12,15,18H,5-8,10-11H2,1-2H3. The van der Waals surface area contributed by atoms with E-state index in [-0.39, 0.29) is 0 Å². The van der Waals surface area contributed by atoms with Crippen molar-refractivity contribution in [1.29, 1.82) is 0 Å². The molecular weight excluding hydrogens is 270 g/mol. The molecule has 1 saturated heterocycles. The highest BCUT2D eigenvalue weighted by atomic mass is 35.5. The Morgan fingerprint density at radius 2 is 2.10 bits per heavy atom. The summed E-state index contributed by atoms with van der Waals surface area (Å²) in [6, 6.07) is 7.64. The van der Waals surface area contributed by atoms with Gasteiger partial charge in [-0.2, -0.15) is 0 Å². The number of likely N-dealkylation sites (N-methyl/N-ethyl adjacent to an activating group) is 1. The molecule has 1 unspecified atom stereocenters. The number of anilines is 1. The molecule has 2 aliphatic rings. The molecular formula is C16H24ClN3. The lowest BCUT2D eigenvalue weighted by molar-refractivity contribution is 0.234. The average Bonchev–Trinajstić information content (AvgIpc) is 3.24. The predicted molar refractivity (Wildman–Crippen MR) is 85.6 cm³/mol. The molecule has 2 fully saturated rings. The fourth-order valence-corrected chi connectivity index (χ4v) is 2.96. The van der Waals surface area contributed by atoms with E-state index >= 15 is 0 Å². The summed E-state index contributed by atoms with van der Waals surface area (Å²) >= 11 is 6.22. The third-order valence-corrected chi connectivity index (χ3v) is 4.74. The zero-order chi connectivity index (χ0) is 14.1. The molecule has 0 spiro atoms. The molecule has 0 amide bonds. The molecule has 0 radical (unpaired) electrons. The number of nitrogens with zero attached hydrogens (tertiary/aromatic N) is 2. The molecule has 4 heteroatoms. The third-order valence-electron chi connectivity index (χ3n) is 4.51. The average molecular weight is 294 g/mol. The Balaban J connectivity index is 1.77. The van der Waals surface area contributed by atoms with Gasteiger partial charge in [-0.3, -0.25) is 0 Å². The first-order valence-corrected chi connectivity index (χ1v) is 7.98. The SMILES string of the molecule is CC1CN(c2cc(Cl)ccc2CNC2CC2)CCN1C. The van der Waals surface area contributed by atoms with E-state index in [2.05, 4.69) is 41.2 Å². The van der Waals surface area contributed by atoms with E-state index in [0.29, 0.717) is 6.04 Å². The Hall–Kier alpha value is -0.770. The highest BCUT2D eigenvalue weighted by Crippen LogP contribution is 2.28. The van der Waals surface area contributed by atoms with Crippen molar-refractivity contribution in [3.05, 3.63) is 28.8 Å². The Morgan fingerprint density at radius 1 is 1.30 bits per heavy atom. The van der Waals surface area contributed by atoms with Crippen molar-refractivity contribution in [3.63, 3.8) is 0 Å². The predicted octanol–water partition coefficient (Wildman–Crippen LogP) is 2.73. The van der Waals surface area contributed by atoms with Crippen molar-refractivity contribution in [3.8, 4) is 0 Å². The molecule has 0 bridgehead atoms. The van der Waals surface area contributed by atoms with Crippen molar-refractivity contribution >= 4 is 17.3 Å². The van der Waals surface area contributed by atoms with Crippen LogP contribution in [0.4, 0.5) is 5.69 Å². The van der Waals surface area contributed by atoms with Gasteiger partial charge in [-0.05, 0) is 44.5 Å². The highest BCUT2D eigenvalue weighted by Gasteiger charge is 2.24. The van der Waals surface area contributed by atoms with Crippen LogP contribution in [0, 0.1) is 0 Å². The van der Waals surface area contributed by atoms with Gasteiger partial charge in [0.1, 0.15) is 0 Å². The summed E-state index contributed by atoms with van der Waals surface area (Å²) in [7, 11) is 2.20. The number of hydrogen-bond donors (Lipinski definition) is 1. The first-order chi connectivity index (χ1) is 9.63. The second-order valence-electron chi connectivity index (χ2n) is 6.20. The quantitative estimate of drug-likeness (QED) is 0.921. The van der Waals surface area contributed by atoms with E-state index < -0.39 is 0 Å². The molecule has 0 aromatic heterocycles. The fraction of sp³-hybridized carbons (Fsp3) is 0.625. The summed E-state index contributed by atoms with van der Waals surface area (Å²) in [5.74, 6) is 0. The zero-order valence-electron chi connectivity index (χ0n) is 12.4. The summed E-state index contributed by atoms with van der Waals surface area (Å²) in [4.78, 5) is 4.91. The molecule has 20 heavy (non-hydrogen) atoms. The minimum Gasteiger partial charge on any atom is -0.368 e. The summed E-state index contributed by atoms with van der Waals surface area (Å²) in [6.45, 7) is 6.52. The lowest BCUT2D eigenvalue weighted by Gasteiger charge is -2.40. The van der Waals surface area contributed by atoms with Crippen LogP contribution in [0.1, 0.15) is 25.3 Å². The van der Waals surface area contributed by atoms with Crippen LogP contribution in [0.2, 0.25) is 5.02 Å². The summed E-state index contributed by atoms with van der Waals surface area (Å²) < 4.78 is 0.